The number of benzene rings is 2. The normalized spacial score (nSPS) is 15.6. The van der Waals surface area contributed by atoms with Crippen LogP contribution in [0.25, 0.3) is 22.3 Å². The topological polar surface area (TPSA) is 142 Å². The van der Waals surface area contributed by atoms with E-state index in [1.165, 1.54) is 6.33 Å². The van der Waals surface area contributed by atoms with Crippen LogP contribution in [0.3, 0.4) is 0 Å². The molecule has 1 fully saturated rings. The molecule has 37 heavy (non-hydrogen) atoms. The standard InChI is InChI=1S/C27H29N7O3/c28-22(35)9-4-10-23(36)33-15-5-6-19(16-33)34-27-24(26(29)30-17-31-27)25(32-34)18-11-13-21(14-12-18)37-20-7-2-1-3-8-20/h1-3,7-8,11-14,17,19H,4-6,9-10,15-16H2,(H2,28,35)(H2,29,30,31). The second-order valence-electron chi connectivity index (χ2n) is 9.15. The highest BCUT2D eigenvalue weighted by atomic mass is 16.5. The van der Waals surface area contributed by atoms with Crippen molar-refractivity contribution in [1.82, 2.24) is 24.6 Å². The molecule has 1 aliphatic heterocycles. The van der Waals surface area contributed by atoms with E-state index < -0.39 is 5.91 Å². The Bertz CT molecular complexity index is 1400. The highest BCUT2D eigenvalue weighted by Gasteiger charge is 2.28. The van der Waals surface area contributed by atoms with Gasteiger partial charge in [-0.1, -0.05) is 18.2 Å². The molecule has 1 unspecified atom stereocenters. The zero-order valence-corrected chi connectivity index (χ0v) is 20.4. The SMILES string of the molecule is NC(=O)CCCC(=O)N1CCCC(n2nc(-c3ccc(Oc4ccccc4)cc3)c3c(N)ncnc32)C1. The molecule has 0 aliphatic carbocycles. The summed E-state index contributed by atoms with van der Waals surface area (Å²) in [6.07, 6.45) is 4.10. The Hall–Kier alpha value is -4.47. The van der Waals surface area contributed by atoms with Crippen molar-refractivity contribution in [3.05, 3.63) is 60.9 Å². The molecule has 2 amide bonds. The number of likely N-dealkylation sites (tertiary alicyclic amines) is 1. The fourth-order valence-corrected chi connectivity index (χ4v) is 4.71. The van der Waals surface area contributed by atoms with E-state index in [4.69, 9.17) is 21.3 Å². The van der Waals surface area contributed by atoms with Gasteiger partial charge in [-0.05, 0) is 55.7 Å². The molecule has 0 spiro atoms. The Morgan fingerprint density at radius 3 is 2.51 bits per heavy atom. The van der Waals surface area contributed by atoms with Crippen LogP contribution >= 0.6 is 0 Å². The minimum Gasteiger partial charge on any atom is -0.457 e. The van der Waals surface area contributed by atoms with E-state index in [9.17, 15) is 9.59 Å². The first-order valence-electron chi connectivity index (χ1n) is 12.4. The van der Waals surface area contributed by atoms with E-state index in [0.29, 0.717) is 54.2 Å². The van der Waals surface area contributed by atoms with E-state index in [1.807, 2.05) is 64.2 Å². The fraction of sp³-hybridized carbons (Fsp3) is 0.296. The van der Waals surface area contributed by atoms with Crippen molar-refractivity contribution >= 4 is 28.7 Å². The summed E-state index contributed by atoms with van der Waals surface area (Å²) in [5.74, 6) is 1.45. The maximum absolute atomic E-state index is 12.8. The van der Waals surface area contributed by atoms with Gasteiger partial charge < -0.3 is 21.1 Å². The molecule has 1 saturated heterocycles. The summed E-state index contributed by atoms with van der Waals surface area (Å²) >= 11 is 0. The van der Waals surface area contributed by atoms with Gasteiger partial charge in [-0.25, -0.2) is 14.6 Å². The zero-order chi connectivity index (χ0) is 25.8. The first-order chi connectivity index (χ1) is 18.0. The van der Waals surface area contributed by atoms with E-state index in [-0.39, 0.29) is 18.4 Å². The molecule has 4 aromatic rings. The van der Waals surface area contributed by atoms with Crippen LogP contribution in [-0.2, 0) is 9.59 Å². The summed E-state index contributed by atoms with van der Waals surface area (Å²) in [5.41, 5.74) is 13.7. The van der Waals surface area contributed by atoms with Gasteiger partial charge in [-0.3, -0.25) is 9.59 Å². The predicted octanol–water partition coefficient (Wildman–Crippen LogP) is 3.69. The van der Waals surface area contributed by atoms with Gasteiger partial charge in [-0.2, -0.15) is 5.10 Å². The highest BCUT2D eigenvalue weighted by Crippen LogP contribution is 2.35. The van der Waals surface area contributed by atoms with Crippen molar-refractivity contribution in [2.45, 2.75) is 38.1 Å². The van der Waals surface area contributed by atoms with Crippen LogP contribution in [0.15, 0.2) is 60.9 Å². The minimum absolute atomic E-state index is 0.0192. The number of aromatic nitrogens is 4. The molecule has 1 atom stereocenters. The van der Waals surface area contributed by atoms with Crippen LogP contribution in [0.5, 0.6) is 11.5 Å². The molecule has 2 aromatic heterocycles. The molecule has 4 N–H and O–H groups in total. The number of hydrogen-bond donors (Lipinski definition) is 2. The van der Waals surface area contributed by atoms with Gasteiger partial charge in [-0.15, -0.1) is 0 Å². The van der Waals surface area contributed by atoms with Crippen molar-refractivity contribution in [2.24, 2.45) is 5.73 Å². The van der Waals surface area contributed by atoms with Crippen LogP contribution in [0.4, 0.5) is 5.82 Å². The molecule has 5 rings (SSSR count). The molecule has 1 aliphatic rings. The Morgan fingerprint density at radius 1 is 1.00 bits per heavy atom. The van der Waals surface area contributed by atoms with Crippen molar-refractivity contribution in [3.8, 4) is 22.8 Å². The number of anilines is 1. The molecule has 10 nitrogen and oxygen atoms in total. The van der Waals surface area contributed by atoms with Gasteiger partial charge in [0, 0.05) is 31.5 Å². The van der Waals surface area contributed by atoms with Gasteiger partial charge in [0.05, 0.1) is 11.4 Å². The number of nitrogens with zero attached hydrogens (tertiary/aromatic N) is 5. The molecule has 0 bridgehead atoms. The number of hydrogen-bond acceptors (Lipinski definition) is 7. The molecule has 3 heterocycles. The summed E-state index contributed by atoms with van der Waals surface area (Å²) in [4.78, 5) is 34.3. The second kappa shape index (κ2) is 10.7. The summed E-state index contributed by atoms with van der Waals surface area (Å²) in [6.45, 7) is 1.19. The van der Waals surface area contributed by atoms with Gasteiger partial charge >= 0.3 is 0 Å². The number of piperidine rings is 1. The lowest BCUT2D eigenvalue weighted by molar-refractivity contribution is -0.133. The number of rotatable bonds is 8. The van der Waals surface area contributed by atoms with Gasteiger partial charge in [0.2, 0.25) is 11.8 Å². The van der Waals surface area contributed by atoms with Gasteiger partial charge in [0.25, 0.3) is 0 Å². The number of primary amides is 1. The summed E-state index contributed by atoms with van der Waals surface area (Å²) in [5, 5.41) is 5.62. The maximum atomic E-state index is 12.8. The fourth-order valence-electron chi connectivity index (χ4n) is 4.71. The smallest absolute Gasteiger partial charge is 0.222 e. The van der Waals surface area contributed by atoms with E-state index in [1.54, 1.807) is 0 Å². The molecule has 0 saturated carbocycles. The first kappa shape index (κ1) is 24.2. The number of para-hydroxylation sites is 1. The van der Waals surface area contributed by atoms with Crippen LogP contribution < -0.4 is 16.2 Å². The number of carbonyl (C=O) groups excluding carboxylic acids is 2. The lowest BCUT2D eigenvalue weighted by atomic mass is 10.0. The Labute approximate surface area is 214 Å². The third-order valence-electron chi connectivity index (χ3n) is 6.53. The maximum Gasteiger partial charge on any atom is 0.222 e. The first-order valence-corrected chi connectivity index (χ1v) is 12.4. The summed E-state index contributed by atoms with van der Waals surface area (Å²) in [7, 11) is 0. The number of amides is 2. The number of fused-ring (bicyclic) bond motifs is 1. The summed E-state index contributed by atoms with van der Waals surface area (Å²) < 4.78 is 7.79. The van der Waals surface area contributed by atoms with Crippen molar-refractivity contribution in [2.75, 3.05) is 18.8 Å². The quantitative estimate of drug-likeness (QED) is 0.376. The van der Waals surface area contributed by atoms with E-state index in [2.05, 4.69) is 9.97 Å². The average molecular weight is 500 g/mol. The third kappa shape index (κ3) is 5.37. The van der Waals surface area contributed by atoms with Crippen LogP contribution in [0, 0.1) is 0 Å². The molecule has 2 aromatic carbocycles. The monoisotopic (exact) mass is 499 g/mol. The van der Waals surface area contributed by atoms with Crippen LogP contribution in [0.2, 0.25) is 0 Å². The molecule has 190 valence electrons. The summed E-state index contributed by atoms with van der Waals surface area (Å²) in [6, 6.07) is 17.2. The van der Waals surface area contributed by atoms with Crippen molar-refractivity contribution < 1.29 is 14.3 Å². The molecular weight excluding hydrogens is 470 g/mol. The third-order valence-corrected chi connectivity index (χ3v) is 6.53. The number of ether oxygens (including phenoxy) is 1. The minimum atomic E-state index is -0.392. The Balaban J connectivity index is 1.40. The zero-order valence-electron chi connectivity index (χ0n) is 20.4. The number of nitrogens with two attached hydrogens (primary N) is 2. The number of nitrogen functional groups attached to an aromatic ring is 1. The lowest BCUT2D eigenvalue weighted by Gasteiger charge is -2.33. The molecule has 10 heteroatoms. The highest BCUT2D eigenvalue weighted by molar-refractivity contribution is 5.98. The van der Waals surface area contributed by atoms with Crippen molar-refractivity contribution in [3.63, 3.8) is 0 Å². The average Bonchev–Trinajstić information content (AvgIpc) is 3.31. The molecular formula is C27H29N7O3. The Morgan fingerprint density at radius 2 is 1.76 bits per heavy atom. The lowest BCUT2D eigenvalue weighted by Crippen LogP contribution is -2.41. The van der Waals surface area contributed by atoms with E-state index in [0.717, 1.165) is 24.2 Å². The predicted molar refractivity (Wildman–Crippen MR) is 140 cm³/mol. The van der Waals surface area contributed by atoms with Crippen LogP contribution in [0.1, 0.15) is 38.1 Å². The van der Waals surface area contributed by atoms with Gasteiger partial charge in [0.1, 0.15) is 29.3 Å². The van der Waals surface area contributed by atoms with E-state index >= 15 is 0 Å². The number of carbonyl (C=O) groups is 2. The second-order valence-corrected chi connectivity index (χ2v) is 9.15. The van der Waals surface area contributed by atoms with Crippen LogP contribution in [-0.4, -0.2) is 49.6 Å². The van der Waals surface area contributed by atoms with Crippen molar-refractivity contribution in [1.29, 1.82) is 0 Å². The van der Waals surface area contributed by atoms with Gasteiger partial charge in [0.15, 0.2) is 5.65 Å². The Kier molecular flexibility index (Phi) is 6.98. The largest absolute Gasteiger partial charge is 0.457 e. The molecule has 0 radical (unpaired) electrons.